The molecule has 21 heavy (non-hydrogen) atoms. The van der Waals surface area contributed by atoms with Gasteiger partial charge in [0.1, 0.15) is 0 Å². The van der Waals surface area contributed by atoms with Crippen molar-refractivity contribution < 1.29 is 0 Å². The molecule has 118 valence electrons. The van der Waals surface area contributed by atoms with E-state index in [2.05, 4.69) is 48.3 Å². The molecule has 3 aliphatic heterocycles. The first kappa shape index (κ1) is 15.4. The van der Waals surface area contributed by atoms with Gasteiger partial charge in [0.25, 0.3) is 0 Å². The van der Waals surface area contributed by atoms with Crippen LogP contribution in [0.3, 0.4) is 0 Å². The summed E-state index contributed by atoms with van der Waals surface area (Å²) in [4.78, 5) is 10.1. The predicted octanol–water partition coefficient (Wildman–Crippen LogP) is 1.57. The highest BCUT2D eigenvalue weighted by Gasteiger charge is 2.36. The van der Waals surface area contributed by atoms with Crippen LogP contribution in [-0.4, -0.2) is 66.6 Å². The summed E-state index contributed by atoms with van der Waals surface area (Å²) in [7, 11) is 2.10. The molecule has 1 aromatic rings. The second-order valence-electron chi connectivity index (χ2n) is 7.38. The maximum atomic E-state index is 4.87. The van der Waals surface area contributed by atoms with Gasteiger partial charge in [-0.1, -0.05) is 20.8 Å². The summed E-state index contributed by atoms with van der Waals surface area (Å²) < 4.78 is 0. The number of thiazole rings is 1. The van der Waals surface area contributed by atoms with Crippen molar-refractivity contribution in [2.24, 2.45) is 0 Å². The topological polar surface area (TPSA) is 31.4 Å². The zero-order valence-electron chi connectivity index (χ0n) is 13.7. The fraction of sp³-hybridized carbons (Fsp3) is 0.812. The maximum absolute atomic E-state index is 4.87. The Balaban J connectivity index is 1.68. The molecule has 1 N–H and O–H groups in total. The largest absolute Gasteiger partial charge is 0.315 e. The summed E-state index contributed by atoms with van der Waals surface area (Å²) in [6.45, 7) is 12.9. The maximum Gasteiger partial charge on any atom is 0.0944 e. The fourth-order valence-electron chi connectivity index (χ4n) is 3.41. The summed E-state index contributed by atoms with van der Waals surface area (Å²) in [5, 5.41) is 7.06. The van der Waals surface area contributed by atoms with Gasteiger partial charge in [0.2, 0.25) is 0 Å². The van der Waals surface area contributed by atoms with Gasteiger partial charge in [-0.05, 0) is 7.05 Å². The molecule has 4 nitrogen and oxygen atoms in total. The van der Waals surface area contributed by atoms with Crippen molar-refractivity contribution in [3.8, 4) is 0 Å². The Morgan fingerprint density at radius 3 is 2.52 bits per heavy atom. The summed E-state index contributed by atoms with van der Waals surface area (Å²) in [6, 6.07) is 1.14. The lowest BCUT2D eigenvalue weighted by atomic mass is 9.93. The van der Waals surface area contributed by atoms with E-state index in [-0.39, 0.29) is 5.41 Å². The van der Waals surface area contributed by atoms with Gasteiger partial charge in [0.05, 0.1) is 10.7 Å². The smallest absolute Gasteiger partial charge is 0.0944 e. The lowest BCUT2D eigenvalue weighted by Gasteiger charge is -2.50. The summed E-state index contributed by atoms with van der Waals surface area (Å²) in [5.74, 6) is 0. The second-order valence-corrected chi connectivity index (χ2v) is 8.32. The standard InChI is InChI=1S/C16H28N4S/c1-16(2,3)14-11-21-15(18-14)9-12(17-4)13-10-19-5-7-20(13)8-6-19/h11-13,17H,5-10H2,1-4H3. The lowest BCUT2D eigenvalue weighted by Crippen LogP contribution is -2.66. The highest BCUT2D eigenvalue weighted by atomic mass is 32.1. The Bertz CT molecular complexity index is 471. The first-order valence-corrected chi connectivity index (χ1v) is 8.94. The quantitative estimate of drug-likeness (QED) is 0.915. The van der Waals surface area contributed by atoms with E-state index < -0.39 is 0 Å². The van der Waals surface area contributed by atoms with E-state index in [1.54, 1.807) is 0 Å². The molecule has 5 heteroatoms. The molecule has 0 aliphatic carbocycles. The highest BCUT2D eigenvalue weighted by molar-refractivity contribution is 7.09. The monoisotopic (exact) mass is 308 g/mol. The van der Waals surface area contributed by atoms with Crippen molar-refractivity contribution >= 4 is 11.3 Å². The van der Waals surface area contributed by atoms with E-state index >= 15 is 0 Å². The van der Waals surface area contributed by atoms with Crippen LogP contribution in [0.25, 0.3) is 0 Å². The average Bonchev–Trinajstić information content (AvgIpc) is 2.94. The number of hydrogen-bond donors (Lipinski definition) is 1. The van der Waals surface area contributed by atoms with Crippen LogP contribution < -0.4 is 5.32 Å². The number of fused-ring (bicyclic) bond motifs is 3. The fourth-order valence-corrected chi connectivity index (χ4v) is 4.49. The zero-order valence-corrected chi connectivity index (χ0v) is 14.5. The van der Waals surface area contributed by atoms with Crippen LogP contribution in [0.1, 0.15) is 31.5 Å². The van der Waals surface area contributed by atoms with Crippen LogP contribution in [0.5, 0.6) is 0 Å². The summed E-state index contributed by atoms with van der Waals surface area (Å²) >= 11 is 1.82. The van der Waals surface area contributed by atoms with Gasteiger partial charge in [0.15, 0.2) is 0 Å². The van der Waals surface area contributed by atoms with Crippen LogP contribution in [0, 0.1) is 0 Å². The van der Waals surface area contributed by atoms with Gasteiger partial charge in [-0.25, -0.2) is 4.98 Å². The van der Waals surface area contributed by atoms with Crippen molar-refractivity contribution in [2.75, 3.05) is 39.8 Å². The zero-order chi connectivity index (χ0) is 15.0. The van der Waals surface area contributed by atoms with Crippen LogP contribution >= 0.6 is 11.3 Å². The number of aromatic nitrogens is 1. The number of nitrogens with one attached hydrogen (secondary N) is 1. The predicted molar refractivity (Wildman–Crippen MR) is 89.2 cm³/mol. The van der Waals surface area contributed by atoms with E-state index in [0.717, 1.165) is 6.42 Å². The third-order valence-corrected chi connectivity index (χ3v) is 5.74. The molecule has 4 rings (SSSR count). The third-order valence-electron chi connectivity index (χ3n) is 4.87. The minimum absolute atomic E-state index is 0.156. The number of nitrogens with zero attached hydrogens (tertiary/aromatic N) is 3. The van der Waals surface area contributed by atoms with Crippen molar-refractivity contribution in [3.63, 3.8) is 0 Å². The van der Waals surface area contributed by atoms with Crippen LogP contribution in [0.2, 0.25) is 0 Å². The minimum atomic E-state index is 0.156. The van der Waals surface area contributed by atoms with E-state index in [9.17, 15) is 0 Å². The van der Waals surface area contributed by atoms with Gasteiger partial charge in [-0.2, -0.15) is 0 Å². The van der Waals surface area contributed by atoms with Crippen molar-refractivity contribution in [3.05, 3.63) is 16.1 Å². The molecule has 3 fully saturated rings. The molecule has 3 aliphatic rings. The average molecular weight is 308 g/mol. The van der Waals surface area contributed by atoms with Gasteiger partial charge < -0.3 is 5.32 Å². The third kappa shape index (κ3) is 3.31. The molecule has 2 atom stereocenters. The van der Waals surface area contributed by atoms with Crippen molar-refractivity contribution in [2.45, 2.75) is 44.7 Å². The van der Waals surface area contributed by atoms with Crippen LogP contribution in [0.15, 0.2) is 5.38 Å². The number of likely N-dealkylation sites (N-methyl/N-ethyl adjacent to an activating group) is 1. The molecule has 0 radical (unpaired) electrons. The second kappa shape index (κ2) is 5.95. The SMILES string of the molecule is CNC(Cc1nc(C(C)(C)C)cs1)C1CN2CCN1CC2. The summed E-state index contributed by atoms with van der Waals surface area (Å²) in [5.41, 5.74) is 1.38. The molecule has 0 saturated carbocycles. The molecule has 4 heterocycles. The Labute approximate surface area is 132 Å². The molecule has 1 aromatic heterocycles. The first-order valence-electron chi connectivity index (χ1n) is 8.06. The normalized spacial score (nSPS) is 30.6. The Morgan fingerprint density at radius 2 is 2.05 bits per heavy atom. The van der Waals surface area contributed by atoms with E-state index in [1.165, 1.54) is 43.4 Å². The Kier molecular flexibility index (Phi) is 4.37. The van der Waals surface area contributed by atoms with Crippen LogP contribution in [-0.2, 0) is 11.8 Å². The lowest BCUT2D eigenvalue weighted by molar-refractivity contribution is -0.00203. The Morgan fingerprint density at radius 1 is 1.33 bits per heavy atom. The number of hydrogen-bond acceptors (Lipinski definition) is 5. The van der Waals surface area contributed by atoms with E-state index in [4.69, 9.17) is 4.98 Å². The number of rotatable bonds is 4. The molecule has 0 spiro atoms. The van der Waals surface area contributed by atoms with Gasteiger partial charge in [0, 0.05) is 62.0 Å². The van der Waals surface area contributed by atoms with Crippen molar-refractivity contribution in [1.82, 2.24) is 20.1 Å². The highest BCUT2D eigenvalue weighted by Crippen LogP contribution is 2.26. The molecule has 0 amide bonds. The van der Waals surface area contributed by atoms with Crippen LogP contribution in [0.4, 0.5) is 0 Å². The molecule has 2 bridgehead atoms. The first-order chi connectivity index (χ1) is 9.97. The van der Waals surface area contributed by atoms with Gasteiger partial charge >= 0.3 is 0 Å². The van der Waals surface area contributed by atoms with Gasteiger partial charge in [-0.3, -0.25) is 9.80 Å². The van der Waals surface area contributed by atoms with Crippen molar-refractivity contribution in [1.29, 1.82) is 0 Å². The van der Waals surface area contributed by atoms with E-state index in [0.29, 0.717) is 12.1 Å². The Hall–Kier alpha value is -0.490. The number of piperazine rings is 3. The van der Waals surface area contributed by atoms with E-state index in [1.807, 2.05) is 11.3 Å². The molecule has 0 aromatic carbocycles. The summed E-state index contributed by atoms with van der Waals surface area (Å²) in [6.07, 6.45) is 1.05. The van der Waals surface area contributed by atoms with Gasteiger partial charge in [-0.15, -0.1) is 11.3 Å². The molecule has 2 unspecified atom stereocenters. The minimum Gasteiger partial charge on any atom is -0.315 e. The molecular weight excluding hydrogens is 280 g/mol. The molecular formula is C16H28N4S. The molecule has 3 saturated heterocycles.